The van der Waals surface area contributed by atoms with E-state index in [1.807, 2.05) is 43.3 Å². The lowest BCUT2D eigenvalue weighted by molar-refractivity contribution is 0.302. The molecule has 0 N–H and O–H groups in total. The van der Waals surface area contributed by atoms with Gasteiger partial charge in [-0.05, 0) is 83.6 Å². The standard InChI is InChI=1S/C24H22ClN5O2/c1-15-12-17(21-13-18(25)10-11-26-21)8-9-23(15)32-14-20-19(16-6-7-16)4-3-5-22(20)30-24(31)29(2)27-28-30/h3-5,8-13,16H,6-7,14H2,1-2H3. The van der Waals surface area contributed by atoms with Crippen LogP contribution >= 0.6 is 11.6 Å². The largest absolute Gasteiger partial charge is 0.489 e. The van der Waals surface area contributed by atoms with Gasteiger partial charge in [0.1, 0.15) is 12.4 Å². The number of pyridine rings is 1. The van der Waals surface area contributed by atoms with E-state index < -0.39 is 0 Å². The van der Waals surface area contributed by atoms with Gasteiger partial charge in [0.05, 0.1) is 11.4 Å². The fraction of sp³-hybridized carbons (Fsp3) is 0.250. The number of benzene rings is 2. The second-order valence-corrected chi connectivity index (χ2v) is 8.48. The Morgan fingerprint density at radius 2 is 1.97 bits per heavy atom. The highest BCUT2D eigenvalue weighted by Crippen LogP contribution is 2.43. The minimum Gasteiger partial charge on any atom is -0.489 e. The van der Waals surface area contributed by atoms with E-state index in [1.165, 1.54) is 14.9 Å². The molecule has 0 radical (unpaired) electrons. The fourth-order valence-corrected chi connectivity index (χ4v) is 4.03. The lowest BCUT2D eigenvalue weighted by Gasteiger charge is -2.16. The van der Waals surface area contributed by atoms with E-state index in [9.17, 15) is 4.79 Å². The first kappa shape index (κ1) is 20.5. The molecule has 162 valence electrons. The molecule has 8 heteroatoms. The van der Waals surface area contributed by atoms with Crippen LogP contribution in [0.1, 0.15) is 35.4 Å². The van der Waals surface area contributed by atoms with E-state index in [2.05, 4.69) is 21.5 Å². The van der Waals surface area contributed by atoms with Crippen molar-refractivity contribution in [2.45, 2.75) is 32.3 Å². The molecule has 1 aliphatic rings. The zero-order valence-corrected chi connectivity index (χ0v) is 18.6. The normalized spacial score (nSPS) is 13.3. The Hall–Kier alpha value is -3.45. The molecule has 1 fully saturated rings. The maximum Gasteiger partial charge on any atom is 0.368 e. The van der Waals surface area contributed by atoms with Gasteiger partial charge < -0.3 is 4.74 Å². The number of hydrogen-bond donors (Lipinski definition) is 0. The summed E-state index contributed by atoms with van der Waals surface area (Å²) in [6.07, 6.45) is 3.99. The third-order valence-electron chi connectivity index (χ3n) is 5.72. The molecule has 0 unspecified atom stereocenters. The Morgan fingerprint density at radius 3 is 2.66 bits per heavy atom. The van der Waals surface area contributed by atoms with Crippen molar-refractivity contribution in [1.82, 2.24) is 24.8 Å². The first-order chi connectivity index (χ1) is 15.5. The number of ether oxygens (including phenoxy) is 1. The van der Waals surface area contributed by atoms with Crippen molar-refractivity contribution >= 4 is 11.6 Å². The zero-order valence-electron chi connectivity index (χ0n) is 17.8. The zero-order chi connectivity index (χ0) is 22.2. The van der Waals surface area contributed by atoms with E-state index in [0.717, 1.165) is 41.0 Å². The van der Waals surface area contributed by atoms with Crippen molar-refractivity contribution < 1.29 is 4.74 Å². The van der Waals surface area contributed by atoms with Crippen molar-refractivity contribution in [3.05, 3.63) is 86.9 Å². The second kappa shape index (κ2) is 8.24. The maximum absolute atomic E-state index is 12.5. The van der Waals surface area contributed by atoms with Crippen molar-refractivity contribution in [3.63, 3.8) is 0 Å². The van der Waals surface area contributed by atoms with Gasteiger partial charge in [0.2, 0.25) is 0 Å². The Balaban J connectivity index is 1.46. The topological polar surface area (TPSA) is 74.8 Å². The summed E-state index contributed by atoms with van der Waals surface area (Å²) in [6.45, 7) is 2.34. The van der Waals surface area contributed by atoms with Gasteiger partial charge in [0.25, 0.3) is 0 Å². The van der Waals surface area contributed by atoms with Gasteiger partial charge in [0.15, 0.2) is 0 Å². The summed E-state index contributed by atoms with van der Waals surface area (Å²) in [5.74, 6) is 1.28. The molecule has 4 aromatic rings. The first-order valence-corrected chi connectivity index (χ1v) is 10.9. The van der Waals surface area contributed by atoms with Crippen LogP contribution in [0, 0.1) is 6.92 Å². The molecule has 1 saturated carbocycles. The predicted molar refractivity (Wildman–Crippen MR) is 122 cm³/mol. The van der Waals surface area contributed by atoms with Crippen LogP contribution in [0.2, 0.25) is 5.02 Å². The maximum atomic E-state index is 12.5. The quantitative estimate of drug-likeness (QED) is 0.436. The third-order valence-corrected chi connectivity index (χ3v) is 5.95. The third kappa shape index (κ3) is 3.91. The number of aromatic nitrogens is 5. The van der Waals surface area contributed by atoms with Crippen LogP contribution in [0.4, 0.5) is 0 Å². The van der Waals surface area contributed by atoms with Gasteiger partial charge in [-0.3, -0.25) is 4.98 Å². The van der Waals surface area contributed by atoms with Crippen LogP contribution < -0.4 is 10.4 Å². The van der Waals surface area contributed by atoms with E-state index >= 15 is 0 Å². The van der Waals surface area contributed by atoms with Crippen LogP contribution in [0.15, 0.2) is 59.5 Å². The summed E-state index contributed by atoms with van der Waals surface area (Å²) >= 11 is 6.11. The van der Waals surface area contributed by atoms with Crippen LogP contribution in [0.25, 0.3) is 16.9 Å². The van der Waals surface area contributed by atoms with Crippen LogP contribution in [-0.4, -0.2) is 24.8 Å². The monoisotopic (exact) mass is 447 g/mol. The summed E-state index contributed by atoms with van der Waals surface area (Å²) in [6, 6.07) is 15.5. The molecule has 1 aliphatic carbocycles. The molecule has 2 heterocycles. The smallest absolute Gasteiger partial charge is 0.368 e. The highest BCUT2D eigenvalue weighted by Gasteiger charge is 2.28. The molecular formula is C24H22ClN5O2. The number of rotatable bonds is 6. The van der Waals surface area contributed by atoms with E-state index in [1.54, 1.807) is 19.3 Å². The summed E-state index contributed by atoms with van der Waals surface area (Å²) in [5, 5.41) is 8.55. The number of tetrazole rings is 1. The summed E-state index contributed by atoms with van der Waals surface area (Å²) < 4.78 is 8.81. The molecule has 0 atom stereocenters. The molecule has 5 rings (SSSR count). The molecule has 0 amide bonds. The molecule has 0 aliphatic heterocycles. The SMILES string of the molecule is Cc1cc(-c2cc(Cl)ccn2)ccc1OCc1c(C2CC2)cccc1-n1nnn(C)c1=O. The summed E-state index contributed by atoms with van der Waals surface area (Å²) in [7, 11) is 1.59. The number of halogens is 1. The van der Waals surface area contributed by atoms with E-state index in [-0.39, 0.29) is 5.69 Å². The molecule has 2 aromatic carbocycles. The van der Waals surface area contributed by atoms with Gasteiger partial charge in [-0.2, -0.15) is 9.36 Å². The summed E-state index contributed by atoms with van der Waals surface area (Å²) in [5.41, 5.74) is 5.39. The van der Waals surface area contributed by atoms with E-state index in [0.29, 0.717) is 23.2 Å². The number of aryl methyl sites for hydroxylation is 2. The number of hydrogen-bond acceptors (Lipinski definition) is 5. The molecule has 7 nitrogen and oxygen atoms in total. The van der Waals surface area contributed by atoms with Crippen molar-refractivity contribution in [3.8, 4) is 22.7 Å². The van der Waals surface area contributed by atoms with Crippen LogP contribution in [0.3, 0.4) is 0 Å². The van der Waals surface area contributed by atoms with Gasteiger partial charge >= 0.3 is 5.69 Å². The minimum absolute atomic E-state index is 0.284. The minimum atomic E-state index is -0.284. The molecule has 0 spiro atoms. The van der Waals surface area contributed by atoms with Gasteiger partial charge in [-0.1, -0.05) is 23.7 Å². The average molecular weight is 448 g/mol. The predicted octanol–water partition coefficient (Wildman–Crippen LogP) is 4.45. The Morgan fingerprint density at radius 1 is 1.12 bits per heavy atom. The average Bonchev–Trinajstić information content (AvgIpc) is 3.58. The van der Waals surface area contributed by atoms with Gasteiger partial charge in [-0.15, -0.1) is 0 Å². The lowest BCUT2D eigenvalue weighted by Crippen LogP contribution is -2.23. The molecule has 0 bridgehead atoms. The fourth-order valence-electron chi connectivity index (χ4n) is 3.87. The Kier molecular flexibility index (Phi) is 5.27. The van der Waals surface area contributed by atoms with Crippen molar-refractivity contribution in [2.75, 3.05) is 0 Å². The van der Waals surface area contributed by atoms with Gasteiger partial charge in [0, 0.05) is 29.4 Å². The second-order valence-electron chi connectivity index (χ2n) is 8.04. The first-order valence-electron chi connectivity index (χ1n) is 10.5. The molecule has 2 aromatic heterocycles. The highest BCUT2D eigenvalue weighted by molar-refractivity contribution is 6.30. The molecule has 0 saturated heterocycles. The van der Waals surface area contributed by atoms with Crippen LogP contribution in [-0.2, 0) is 13.7 Å². The van der Waals surface area contributed by atoms with Gasteiger partial charge in [-0.25, -0.2) is 4.79 Å². The molecule has 32 heavy (non-hydrogen) atoms. The lowest BCUT2D eigenvalue weighted by atomic mass is 10.0. The Labute approximate surface area is 190 Å². The summed E-state index contributed by atoms with van der Waals surface area (Å²) in [4.78, 5) is 16.9. The number of nitrogens with zero attached hydrogens (tertiary/aromatic N) is 5. The molecular weight excluding hydrogens is 426 g/mol. The highest BCUT2D eigenvalue weighted by atomic mass is 35.5. The van der Waals surface area contributed by atoms with Crippen molar-refractivity contribution in [1.29, 1.82) is 0 Å². The van der Waals surface area contributed by atoms with E-state index in [4.69, 9.17) is 16.3 Å². The van der Waals surface area contributed by atoms with Crippen molar-refractivity contribution in [2.24, 2.45) is 7.05 Å². The Bertz CT molecular complexity index is 1360. The van der Waals surface area contributed by atoms with Crippen LogP contribution in [0.5, 0.6) is 5.75 Å².